The number of aliphatic hydroxyl groups is 2. The van der Waals surface area contributed by atoms with Gasteiger partial charge in [-0.25, -0.2) is 0 Å². The molecule has 0 amide bonds. The lowest BCUT2D eigenvalue weighted by Gasteiger charge is -2.39. The van der Waals surface area contributed by atoms with Gasteiger partial charge in [-0.1, -0.05) is 27.7 Å². The van der Waals surface area contributed by atoms with E-state index in [0.717, 1.165) is 12.2 Å². The topological polar surface area (TPSA) is 49.7 Å². The molecule has 14 heavy (non-hydrogen) atoms. The molecule has 0 fully saturated rings. The van der Waals surface area contributed by atoms with E-state index < -0.39 is 12.2 Å². The summed E-state index contributed by atoms with van der Waals surface area (Å²) in [7, 11) is 0. The molecule has 1 rings (SSSR count). The van der Waals surface area contributed by atoms with Crippen molar-refractivity contribution in [3.63, 3.8) is 0 Å². The van der Waals surface area contributed by atoms with E-state index in [1.165, 1.54) is 0 Å². The van der Waals surface area contributed by atoms with E-state index in [-0.39, 0.29) is 11.5 Å². The fraction of sp³-hybridized carbons (Fsp3) is 0.818. The summed E-state index contributed by atoms with van der Waals surface area (Å²) >= 11 is 0. The van der Waals surface area contributed by atoms with Crippen molar-refractivity contribution in [2.24, 2.45) is 5.41 Å². The highest BCUT2D eigenvalue weighted by molar-refractivity contribution is 5.08. The summed E-state index contributed by atoms with van der Waals surface area (Å²) in [6.07, 6.45) is 0.370. The normalized spacial score (nSPS) is 33.6. The predicted octanol–water partition coefficient (Wildman–Crippen LogP) is 1.45. The zero-order chi connectivity index (χ0) is 10.9. The molecule has 1 heterocycles. The Kier molecular flexibility index (Phi) is 3.22. The van der Waals surface area contributed by atoms with Gasteiger partial charge in [0.15, 0.2) is 0 Å². The van der Waals surface area contributed by atoms with Crippen molar-refractivity contribution < 1.29 is 14.9 Å². The number of rotatable bonds is 1. The first-order chi connectivity index (χ1) is 6.36. The Bertz CT molecular complexity index is 227. The molecule has 0 aliphatic carbocycles. The minimum absolute atomic E-state index is 0.172. The Hall–Kier alpha value is -0.540. The highest BCUT2D eigenvalue weighted by atomic mass is 16.5. The first-order valence-electron chi connectivity index (χ1n) is 5.09. The van der Waals surface area contributed by atoms with Crippen LogP contribution in [0.1, 0.15) is 34.1 Å². The first kappa shape index (κ1) is 11.5. The van der Waals surface area contributed by atoms with Crippen LogP contribution in [-0.4, -0.2) is 28.5 Å². The zero-order valence-electron chi connectivity index (χ0n) is 9.32. The lowest BCUT2D eigenvalue weighted by molar-refractivity contribution is -0.116. The van der Waals surface area contributed by atoms with E-state index in [9.17, 15) is 10.2 Å². The average Bonchev–Trinajstić information content (AvgIpc) is 2.07. The number of aliphatic hydroxyl groups excluding tert-OH is 2. The molecule has 1 aliphatic heterocycles. The molecule has 0 saturated carbocycles. The SMILES string of the molecule is CCC1=CC(O)C(O)C(C(C)(C)C)O1. The second kappa shape index (κ2) is 3.91. The molecule has 0 aromatic rings. The van der Waals surface area contributed by atoms with Gasteiger partial charge in [-0.05, 0) is 6.08 Å². The van der Waals surface area contributed by atoms with E-state index in [0.29, 0.717) is 0 Å². The van der Waals surface area contributed by atoms with Crippen molar-refractivity contribution in [3.8, 4) is 0 Å². The summed E-state index contributed by atoms with van der Waals surface area (Å²) in [5, 5.41) is 19.4. The Morgan fingerprint density at radius 2 is 1.93 bits per heavy atom. The maximum absolute atomic E-state index is 9.77. The molecular weight excluding hydrogens is 180 g/mol. The van der Waals surface area contributed by atoms with Crippen LogP contribution < -0.4 is 0 Å². The summed E-state index contributed by atoms with van der Waals surface area (Å²) in [4.78, 5) is 0. The largest absolute Gasteiger partial charge is 0.492 e. The lowest BCUT2D eigenvalue weighted by atomic mass is 9.82. The van der Waals surface area contributed by atoms with Crippen molar-refractivity contribution in [1.29, 1.82) is 0 Å². The van der Waals surface area contributed by atoms with Crippen molar-refractivity contribution in [2.45, 2.75) is 52.4 Å². The molecule has 3 nitrogen and oxygen atoms in total. The molecule has 0 bridgehead atoms. The lowest BCUT2D eigenvalue weighted by Crippen LogP contribution is -2.48. The highest BCUT2D eigenvalue weighted by Gasteiger charge is 2.39. The second-order valence-corrected chi connectivity index (χ2v) is 4.87. The van der Waals surface area contributed by atoms with Crippen LogP contribution in [0.25, 0.3) is 0 Å². The summed E-state index contributed by atoms with van der Waals surface area (Å²) in [6, 6.07) is 0. The van der Waals surface area contributed by atoms with Gasteiger partial charge in [-0.2, -0.15) is 0 Å². The van der Waals surface area contributed by atoms with Crippen molar-refractivity contribution >= 4 is 0 Å². The maximum atomic E-state index is 9.77. The molecule has 0 saturated heterocycles. The molecule has 82 valence electrons. The molecule has 0 aromatic heterocycles. The second-order valence-electron chi connectivity index (χ2n) is 4.87. The molecule has 3 atom stereocenters. The van der Waals surface area contributed by atoms with Crippen molar-refractivity contribution in [1.82, 2.24) is 0 Å². The Balaban J connectivity index is 2.85. The molecule has 2 N–H and O–H groups in total. The third-order valence-corrected chi connectivity index (χ3v) is 2.50. The van der Waals surface area contributed by atoms with Crippen LogP contribution in [-0.2, 0) is 4.74 Å². The van der Waals surface area contributed by atoms with Crippen LogP contribution in [0.3, 0.4) is 0 Å². The number of ether oxygens (including phenoxy) is 1. The smallest absolute Gasteiger partial charge is 0.132 e. The highest BCUT2D eigenvalue weighted by Crippen LogP contribution is 2.32. The van der Waals surface area contributed by atoms with E-state index in [1.807, 2.05) is 27.7 Å². The first-order valence-corrected chi connectivity index (χ1v) is 5.09. The van der Waals surface area contributed by atoms with Crippen LogP contribution in [0.2, 0.25) is 0 Å². The van der Waals surface area contributed by atoms with Gasteiger partial charge in [0.1, 0.15) is 18.3 Å². The average molecular weight is 200 g/mol. The molecular formula is C11H20O3. The fourth-order valence-corrected chi connectivity index (χ4v) is 1.63. The van der Waals surface area contributed by atoms with Gasteiger partial charge < -0.3 is 14.9 Å². The number of allylic oxidation sites excluding steroid dienone is 1. The van der Waals surface area contributed by atoms with Crippen molar-refractivity contribution in [3.05, 3.63) is 11.8 Å². The Morgan fingerprint density at radius 1 is 1.36 bits per heavy atom. The quantitative estimate of drug-likeness (QED) is 0.673. The fourth-order valence-electron chi connectivity index (χ4n) is 1.63. The maximum Gasteiger partial charge on any atom is 0.132 e. The number of hydrogen-bond donors (Lipinski definition) is 2. The van der Waals surface area contributed by atoms with Crippen LogP contribution in [0.5, 0.6) is 0 Å². The van der Waals surface area contributed by atoms with E-state index in [1.54, 1.807) is 6.08 Å². The summed E-state index contributed by atoms with van der Waals surface area (Å²) in [5.74, 6) is 0.766. The minimum Gasteiger partial charge on any atom is -0.492 e. The summed E-state index contributed by atoms with van der Waals surface area (Å²) in [6.45, 7) is 7.95. The van der Waals surface area contributed by atoms with Crippen LogP contribution in [0.15, 0.2) is 11.8 Å². The molecule has 0 spiro atoms. The Morgan fingerprint density at radius 3 is 2.36 bits per heavy atom. The van der Waals surface area contributed by atoms with Gasteiger partial charge in [0.2, 0.25) is 0 Å². The van der Waals surface area contributed by atoms with E-state index in [2.05, 4.69) is 0 Å². The van der Waals surface area contributed by atoms with Crippen molar-refractivity contribution in [2.75, 3.05) is 0 Å². The molecule has 0 aromatic carbocycles. The van der Waals surface area contributed by atoms with Crippen LogP contribution >= 0.6 is 0 Å². The molecule has 3 unspecified atom stereocenters. The Labute approximate surface area is 85.4 Å². The van der Waals surface area contributed by atoms with Gasteiger partial charge in [-0.3, -0.25) is 0 Å². The van der Waals surface area contributed by atoms with Gasteiger partial charge in [-0.15, -0.1) is 0 Å². The summed E-state index contributed by atoms with van der Waals surface area (Å²) < 4.78 is 5.63. The zero-order valence-corrected chi connectivity index (χ0v) is 9.32. The van der Waals surface area contributed by atoms with Gasteiger partial charge in [0, 0.05) is 11.8 Å². The van der Waals surface area contributed by atoms with Gasteiger partial charge in [0.25, 0.3) is 0 Å². The monoisotopic (exact) mass is 200 g/mol. The third kappa shape index (κ3) is 2.28. The molecule has 0 radical (unpaired) electrons. The van der Waals surface area contributed by atoms with E-state index in [4.69, 9.17) is 4.74 Å². The minimum atomic E-state index is -0.828. The van der Waals surface area contributed by atoms with E-state index >= 15 is 0 Å². The molecule has 1 aliphatic rings. The van der Waals surface area contributed by atoms with Crippen LogP contribution in [0.4, 0.5) is 0 Å². The van der Waals surface area contributed by atoms with Gasteiger partial charge in [0.05, 0.1) is 5.76 Å². The standard InChI is InChI=1S/C11H20O3/c1-5-7-6-8(12)9(13)10(14-7)11(2,3)4/h6,8-10,12-13H,5H2,1-4H3. The predicted molar refractivity (Wildman–Crippen MR) is 54.7 cm³/mol. The van der Waals surface area contributed by atoms with Gasteiger partial charge >= 0.3 is 0 Å². The van der Waals surface area contributed by atoms with Crippen LogP contribution in [0, 0.1) is 5.41 Å². The molecule has 3 heteroatoms. The third-order valence-electron chi connectivity index (χ3n) is 2.50. The number of hydrogen-bond acceptors (Lipinski definition) is 3. The summed E-state index contributed by atoms with van der Waals surface area (Å²) in [5.41, 5.74) is -0.172.